The van der Waals surface area contributed by atoms with Gasteiger partial charge in [-0.3, -0.25) is 4.79 Å². The number of carbonyl (C=O) groups is 2. The first-order chi connectivity index (χ1) is 12.8. The van der Waals surface area contributed by atoms with Crippen molar-refractivity contribution in [1.29, 1.82) is 0 Å². The van der Waals surface area contributed by atoms with Gasteiger partial charge in [0.2, 0.25) is 15.9 Å². The summed E-state index contributed by atoms with van der Waals surface area (Å²) >= 11 is 0. The van der Waals surface area contributed by atoms with Crippen LogP contribution in [0.1, 0.15) is 28.4 Å². The first-order valence-corrected chi connectivity index (χ1v) is 10.1. The van der Waals surface area contributed by atoms with Crippen molar-refractivity contribution in [3.05, 3.63) is 59.2 Å². The Morgan fingerprint density at radius 2 is 1.85 bits per heavy atom. The normalized spacial score (nSPS) is 13.4. The summed E-state index contributed by atoms with van der Waals surface area (Å²) in [7, 11) is -3.60. The summed E-state index contributed by atoms with van der Waals surface area (Å²) in [5.74, 6) is -1.18. The van der Waals surface area contributed by atoms with E-state index in [4.69, 9.17) is 5.11 Å². The second-order valence-corrected chi connectivity index (χ2v) is 8.03. The molecular weight excluding hydrogens is 368 g/mol. The van der Waals surface area contributed by atoms with Gasteiger partial charge in [-0.25, -0.2) is 17.9 Å². The Morgan fingerprint density at radius 1 is 1.15 bits per heavy atom. The molecule has 0 saturated heterocycles. The average Bonchev–Trinajstić information content (AvgIpc) is 3.05. The summed E-state index contributed by atoms with van der Waals surface area (Å²) in [4.78, 5) is 25.4. The molecule has 0 bridgehead atoms. The molecule has 2 aromatic carbocycles. The van der Waals surface area contributed by atoms with Gasteiger partial charge in [-0.15, -0.1) is 0 Å². The van der Waals surface area contributed by atoms with Gasteiger partial charge in [-0.1, -0.05) is 25.1 Å². The Labute approximate surface area is 157 Å². The van der Waals surface area contributed by atoms with E-state index in [2.05, 4.69) is 4.72 Å². The number of carboxylic acids is 1. The number of anilines is 1. The molecule has 1 aliphatic heterocycles. The van der Waals surface area contributed by atoms with Gasteiger partial charge in [-0.05, 0) is 41.8 Å². The number of amides is 1. The summed E-state index contributed by atoms with van der Waals surface area (Å²) in [6, 6.07) is 11.0. The second kappa shape index (κ2) is 7.50. The van der Waals surface area contributed by atoms with Gasteiger partial charge >= 0.3 is 5.97 Å². The second-order valence-electron chi connectivity index (χ2n) is 6.27. The van der Waals surface area contributed by atoms with E-state index in [1.54, 1.807) is 36.1 Å². The molecule has 0 aromatic heterocycles. The summed E-state index contributed by atoms with van der Waals surface area (Å²) in [5.41, 5.74) is 2.41. The molecule has 27 heavy (non-hydrogen) atoms. The van der Waals surface area contributed by atoms with E-state index in [0.717, 1.165) is 5.56 Å². The maximum atomic E-state index is 12.7. The molecule has 8 heteroatoms. The number of hydrogen-bond donors (Lipinski definition) is 2. The van der Waals surface area contributed by atoms with Crippen LogP contribution in [-0.4, -0.2) is 38.5 Å². The number of nitrogens with zero attached hydrogens (tertiary/aromatic N) is 1. The molecular formula is C19H20N2O5S. The first kappa shape index (κ1) is 19.1. The maximum absolute atomic E-state index is 12.7. The van der Waals surface area contributed by atoms with Crippen LogP contribution in [0.3, 0.4) is 0 Å². The third-order valence-corrected chi connectivity index (χ3v) is 6.00. The van der Waals surface area contributed by atoms with Gasteiger partial charge in [-0.2, -0.15) is 0 Å². The molecule has 1 amide bonds. The number of benzene rings is 2. The molecule has 7 nitrogen and oxygen atoms in total. The Hall–Kier alpha value is -2.71. The van der Waals surface area contributed by atoms with Crippen molar-refractivity contribution in [1.82, 2.24) is 4.72 Å². The number of hydrogen-bond acceptors (Lipinski definition) is 4. The fraction of sp³-hybridized carbons (Fsp3) is 0.263. The highest BCUT2D eigenvalue weighted by Gasteiger charge is 2.26. The topological polar surface area (TPSA) is 104 Å². The van der Waals surface area contributed by atoms with Crippen LogP contribution in [0.25, 0.3) is 0 Å². The summed E-state index contributed by atoms with van der Waals surface area (Å²) in [6.07, 6.45) is 0.782. The molecule has 3 rings (SSSR count). The molecule has 0 saturated carbocycles. The van der Waals surface area contributed by atoms with Crippen molar-refractivity contribution >= 4 is 27.6 Å². The van der Waals surface area contributed by atoms with Gasteiger partial charge in [0.1, 0.15) is 0 Å². The van der Waals surface area contributed by atoms with Crippen molar-refractivity contribution in [3.63, 3.8) is 0 Å². The average molecular weight is 388 g/mol. The van der Waals surface area contributed by atoms with Crippen molar-refractivity contribution in [2.24, 2.45) is 0 Å². The maximum Gasteiger partial charge on any atom is 0.335 e. The molecule has 0 atom stereocenters. The van der Waals surface area contributed by atoms with Crippen LogP contribution in [-0.2, 0) is 27.7 Å². The molecule has 1 aliphatic rings. The lowest BCUT2D eigenvalue weighted by atomic mass is 10.1. The molecule has 0 aliphatic carbocycles. The summed E-state index contributed by atoms with van der Waals surface area (Å²) in [6.45, 7) is 2.48. The SMILES string of the molecule is CCNS(=O)(=O)c1ccc2c(c1)N(C(=O)Cc1ccc(C(=O)O)cc1)CC2. The molecule has 142 valence electrons. The van der Waals surface area contributed by atoms with Crippen LogP contribution < -0.4 is 9.62 Å². The predicted octanol–water partition coefficient (Wildman–Crippen LogP) is 1.81. The summed E-state index contributed by atoms with van der Waals surface area (Å²) < 4.78 is 26.9. The third kappa shape index (κ3) is 4.01. The number of aromatic carboxylic acids is 1. The lowest BCUT2D eigenvalue weighted by Crippen LogP contribution is -2.30. The molecule has 0 spiro atoms. The fourth-order valence-corrected chi connectivity index (χ4v) is 4.15. The Bertz CT molecular complexity index is 984. The zero-order valence-corrected chi connectivity index (χ0v) is 15.6. The smallest absolute Gasteiger partial charge is 0.335 e. The highest BCUT2D eigenvalue weighted by atomic mass is 32.2. The van der Waals surface area contributed by atoms with Gasteiger partial charge in [0.05, 0.1) is 16.9 Å². The Balaban J connectivity index is 1.81. The van der Waals surface area contributed by atoms with Gasteiger partial charge in [0.25, 0.3) is 0 Å². The standard InChI is InChI=1S/C19H20N2O5S/c1-2-20-27(25,26)16-8-7-14-9-10-21(17(14)12-16)18(22)11-13-3-5-15(6-4-13)19(23)24/h3-8,12,20H,2,9-11H2,1H3,(H,23,24). The van der Waals surface area contributed by atoms with Crippen molar-refractivity contribution in [3.8, 4) is 0 Å². The van der Waals surface area contributed by atoms with Gasteiger partial charge in [0, 0.05) is 18.8 Å². The van der Waals surface area contributed by atoms with Gasteiger partial charge in [0.15, 0.2) is 0 Å². The van der Waals surface area contributed by atoms with Crippen LogP contribution in [0, 0.1) is 0 Å². The Morgan fingerprint density at radius 3 is 2.48 bits per heavy atom. The largest absolute Gasteiger partial charge is 0.478 e. The lowest BCUT2D eigenvalue weighted by Gasteiger charge is -2.18. The van der Waals surface area contributed by atoms with Crippen LogP contribution in [0.15, 0.2) is 47.4 Å². The highest BCUT2D eigenvalue weighted by molar-refractivity contribution is 7.89. The van der Waals surface area contributed by atoms with Crippen LogP contribution in [0.2, 0.25) is 0 Å². The molecule has 2 aromatic rings. The number of nitrogens with one attached hydrogen (secondary N) is 1. The van der Waals surface area contributed by atoms with Crippen LogP contribution in [0.5, 0.6) is 0 Å². The van der Waals surface area contributed by atoms with E-state index >= 15 is 0 Å². The number of sulfonamides is 1. The number of rotatable bonds is 6. The third-order valence-electron chi connectivity index (χ3n) is 4.45. The fourth-order valence-electron chi connectivity index (χ4n) is 3.09. The zero-order chi connectivity index (χ0) is 19.6. The van der Waals surface area contributed by atoms with E-state index in [1.165, 1.54) is 18.2 Å². The molecule has 0 unspecified atom stereocenters. The van der Waals surface area contributed by atoms with Gasteiger partial charge < -0.3 is 10.0 Å². The van der Waals surface area contributed by atoms with E-state index in [-0.39, 0.29) is 29.3 Å². The first-order valence-electron chi connectivity index (χ1n) is 8.57. The Kier molecular flexibility index (Phi) is 5.29. The van der Waals surface area contributed by atoms with E-state index in [9.17, 15) is 18.0 Å². The highest BCUT2D eigenvalue weighted by Crippen LogP contribution is 2.31. The van der Waals surface area contributed by atoms with E-state index in [1.807, 2.05) is 0 Å². The molecule has 2 N–H and O–H groups in total. The molecule has 1 heterocycles. The minimum absolute atomic E-state index is 0.115. The predicted molar refractivity (Wildman–Crippen MR) is 100 cm³/mol. The van der Waals surface area contributed by atoms with Crippen LogP contribution >= 0.6 is 0 Å². The van der Waals surface area contributed by atoms with Crippen molar-refractivity contribution in [2.45, 2.75) is 24.7 Å². The number of carboxylic acid groups (broad SMARTS) is 1. The number of fused-ring (bicyclic) bond motifs is 1. The van der Waals surface area contributed by atoms with E-state index < -0.39 is 16.0 Å². The molecule has 0 radical (unpaired) electrons. The molecule has 0 fully saturated rings. The van der Waals surface area contributed by atoms with Crippen molar-refractivity contribution < 1.29 is 23.1 Å². The van der Waals surface area contributed by atoms with Crippen LogP contribution in [0.4, 0.5) is 5.69 Å². The minimum atomic E-state index is -3.60. The lowest BCUT2D eigenvalue weighted by molar-refractivity contribution is -0.117. The quantitative estimate of drug-likeness (QED) is 0.786. The minimum Gasteiger partial charge on any atom is -0.478 e. The van der Waals surface area contributed by atoms with E-state index in [0.29, 0.717) is 24.2 Å². The van der Waals surface area contributed by atoms with Crippen molar-refractivity contribution in [2.75, 3.05) is 18.0 Å². The summed E-state index contributed by atoms with van der Waals surface area (Å²) in [5, 5.41) is 8.94. The monoisotopic (exact) mass is 388 g/mol. The number of carbonyl (C=O) groups excluding carboxylic acids is 1. The zero-order valence-electron chi connectivity index (χ0n) is 14.8.